The van der Waals surface area contributed by atoms with E-state index in [1.165, 1.54) is 0 Å². The summed E-state index contributed by atoms with van der Waals surface area (Å²) >= 11 is 0. The lowest BCUT2D eigenvalue weighted by Crippen LogP contribution is -2.50. The summed E-state index contributed by atoms with van der Waals surface area (Å²) in [6, 6.07) is 17.4. The Morgan fingerprint density at radius 3 is 1.92 bits per heavy atom. The van der Waals surface area contributed by atoms with E-state index in [2.05, 4.69) is 10.6 Å². The summed E-state index contributed by atoms with van der Waals surface area (Å²) in [6.07, 6.45) is 0. The largest absolute Gasteiger partial charge is 0.384 e. The van der Waals surface area contributed by atoms with Crippen molar-refractivity contribution in [1.82, 2.24) is 10.6 Å². The van der Waals surface area contributed by atoms with Gasteiger partial charge in [-0.05, 0) is 44.4 Å². The molecule has 0 saturated heterocycles. The Morgan fingerprint density at radius 1 is 0.846 bits per heavy atom. The van der Waals surface area contributed by atoms with Crippen molar-refractivity contribution in [2.24, 2.45) is 0 Å². The molecule has 0 aromatic heterocycles. The van der Waals surface area contributed by atoms with Gasteiger partial charge in [-0.1, -0.05) is 54.6 Å². The van der Waals surface area contributed by atoms with Crippen molar-refractivity contribution in [3.63, 3.8) is 0 Å². The molecule has 2 rings (SSSR count). The molecular formula is C21H26N2O3. The molecule has 2 aromatic carbocycles. The van der Waals surface area contributed by atoms with Crippen molar-refractivity contribution in [3.8, 4) is 11.1 Å². The topological polar surface area (TPSA) is 78.4 Å². The number of rotatable bonds is 4. The Kier molecular flexibility index (Phi) is 5.83. The maximum atomic E-state index is 11.9. The highest BCUT2D eigenvalue weighted by Gasteiger charge is 2.26. The molecular weight excluding hydrogens is 328 g/mol. The monoisotopic (exact) mass is 354 g/mol. The van der Waals surface area contributed by atoms with E-state index >= 15 is 0 Å². The van der Waals surface area contributed by atoms with E-state index in [4.69, 9.17) is 0 Å². The maximum Gasteiger partial charge on any atom is 0.309 e. The Labute approximate surface area is 154 Å². The van der Waals surface area contributed by atoms with E-state index < -0.39 is 23.0 Å². The highest BCUT2D eigenvalue weighted by atomic mass is 16.3. The molecule has 2 amide bonds. The maximum absolute atomic E-state index is 11.9. The van der Waals surface area contributed by atoms with Crippen LogP contribution in [0.4, 0.5) is 0 Å². The highest BCUT2D eigenvalue weighted by Crippen LogP contribution is 2.24. The molecule has 5 heteroatoms. The fraction of sp³-hybridized carbons (Fsp3) is 0.333. The molecule has 26 heavy (non-hydrogen) atoms. The summed E-state index contributed by atoms with van der Waals surface area (Å²) in [6.45, 7) is 6.93. The number of hydrogen-bond donors (Lipinski definition) is 3. The molecule has 5 nitrogen and oxygen atoms in total. The number of carbonyl (C=O) groups excluding carboxylic acids is 2. The SMILES string of the molecule is CC(C)(C)NC(=O)C(=O)NCC(C)(O)c1ccc(-c2ccccc2)cc1. The van der Waals surface area contributed by atoms with Gasteiger partial charge in [-0.15, -0.1) is 0 Å². The zero-order valence-corrected chi connectivity index (χ0v) is 15.7. The van der Waals surface area contributed by atoms with Gasteiger partial charge in [0.1, 0.15) is 5.60 Å². The summed E-state index contributed by atoms with van der Waals surface area (Å²) in [5.74, 6) is -1.48. The fourth-order valence-electron chi connectivity index (χ4n) is 2.48. The van der Waals surface area contributed by atoms with Crippen molar-refractivity contribution < 1.29 is 14.7 Å². The van der Waals surface area contributed by atoms with Crippen molar-refractivity contribution in [1.29, 1.82) is 0 Å². The van der Waals surface area contributed by atoms with Gasteiger partial charge in [-0.2, -0.15) is 0 Å². The van der Waals surface area contributed by atoms with Gasteiger partial charge in [0.15, 0.2) is 0 Å². The highest BCUT2D eigenvalue weighted by molar-refractivity contribution is 6.35. The average Bonchev–Trinajstić information content (AvgIpc) is 2.59. The molecule has 3 N–H and O–H groups in total. The Balaban J connectivity index is 2.01. The van der Waals surface area contributed by atoms with Crippen molar-refractivity contribution in [2.75, 3.05) is 6.54 Å². The first-order valence-corrected chi connectivity index (χ1v) is 8.57. The third-order valence-electron chi connectivity index (χ3n) is 3.90. The van der Waals surface area contributed by atoms with Gasteiger partial charge in [-0.3, -0.25) is 9.59 Å². The minimum atomic E-state index is -1.28. The van der Waals surface area contributed by atoms with Crippen molar-refractivity contribution >= 4 is 11.8 Å². The van der Waals surface area contributed by atoms with E-state index in [1.807, 2.05) is 54.6 Å². The first-order valence-electron chi connectivity index (χ1n) is 8.57. The van der Waals surface area contributed by atoms with Crippen LogP contribution in [0.25, 0.3) is 11.1 Å². The van der Waals surface area contributed by atoms with Gasteiger partial charge in [-0.25, -0.2) is 0 Å². The van der Waals surface area contributed by atoms with Crippen LogP contribution in [0.1, 0.15) is 33.3 Å². The van der Waals surface area contributed by atoms with Crippen LogP contribution < -0.4 is 10.6 Å². The number of hydrogen-bond acceptors (Lipinski definition) is 3. The van der Waals surface area contributed by atoms with Gasteiger partial charge in [0.2, 0.25) is 0 Å². The van der Waals surface area contributed by atoms with E-state index in [9.17, 15) is 14.7 Å². The first-order chi connectivity index (χ1) is 12.1. The van der Waals surface area contributed by atoms with Crippen LogP contribution in [0.5, 0.6) is 0 Å². The summed E-state index contributed by atoms with van der Waals surface area (Å²) in [5.41, 5.74) is 1.01. The minimum absolute atomic E-state index is 0.0614. The molecule has 1 atom stereocenters. The smallest absolute Gasteiger partial charge is 0.309 e. The normalized spacial score (nSPS) is 13.6. The molecule has 0 fully saturated rings. The standard InChI is InChI=1S/C21H26N2O3/c1-20(2,3)23-19(25)18(24)22-14-21(4,26)17-12-10-16(11-13-17)15-8-6-5-7-9-15/h5-13,26H,14H2,1-4H3,(H,22,24)(H,23,25). The molecule has 0 aliphatic rings. The Bertz CT molecular complexity index is 760. The van der Waals surface area contributed by atoms with Crippen LogP contribution in [-0.2, 0) is 15.2 Å². The van der Waals surface area contributed by atoms with Crippen LogP contribution in [0, 0.1) is 0 Å². The minimum Gasteiger partial charge on any atom is -0.384 e. The third-order valence-corrected chi connectivity index (χ3v) is 3.90. The van der Waals surface area contributed by atoms with Crippen LogP contribution in [0.15, 0.2) is 54.6 Å². The van der Waals surface area contributed by atoms with Gasteiger partial charge in [0, 0.05) is 5.54 Å². The molecule has 0 heterocycles. The number of aliphatic hydroxyl groups is 1. The van der Waals surface area contributed by atoms with E-state index in [-0.39, 0.29) is 6.54 Å². The molecule has 2 aromatic rings. The lowest BCUT2D eigenvalue weighted by atomic mass is 9.93. The van der Waals surface area contributed by atoms with E-state index in [0.29, 0.717) is 5.56 Å². The van der Waals surface area contributed by atoms with E-state index in [1.54, 1.807) is 27.7 Å². The van der Waals surface area contributed by atoms with Crippen LogP contribution in [0.2, 0.25) is 0 Å². The lowest BCUT2D eigenvalue weighted by molar-refractivity contribution is -0.140. The second-order valence-corrected chi connectivity index (χ2v) is 7.60. The first kappa shape index (κ1) is 19.7. The number of amides is 2. The van der Waals surface area contributed by atoms with Crippen LogP contribution in [0.3, 0.4) is 0 Å². The second kappa shape index (κ2) is 7.70. The predicted molar refractivity (Wildman–Crippen MR) is 102 cm³/mol. The number of nitrogens with one attached hydrogen (secondary N) is 2. The third kappa shape index (κ3) is 5.43. The van der Waals surface area contributed by atoms with Crippen LogP contribution in [-0.4, -0.2) is 29.0 Å². The van der Waals surface area contributed by atoms with Crippen molar-refractivity contribution in [3.05, 3.63) is 60.2 Å². The predicted octanol–water partition coefficient (Wildman–Crippen LogP) is 2.59. The van der Waals surface area contributed by atoms with Crippen LogP contribution >= 0.6 is 0 Å². The Morgan fingerprint density at radius 2 is 1.38 bits per heavy atom. The van der Waals surface area contributed by atoms with Gasteiger partial charge in [0.25, 0.3) is 0 Å². The quantitative estimate of drug-likeness (QED) is 0.739. The molecule has 138 valence electrons. The zero-order valence-electron chi connectivity index (χ0n) is 15.7. The number of carbonyl (C=O) groups is 2. The van der Waals surface area contributed by atoms with Crippen molar-refractivity contribution in [2.45, 2.75) is 38.8 Å². The second-order valence-electron chi connectivity index (χ2n) is 7.60. The molecule has 0 aliphatic carbocycles. The summed E-state index contributed by atoms with van der Waals surface area (Å²) in [7, 11) is 0. The molecule has 0 radical (unpaired) electrons. The van der Waals surface area contributed by atoms with Gasteiger partial charge < -0.3 is 15.7 Å². The summed E-state index contributed by atoms with van der Waals surface area (Å²) < 4.78 is 0. The van der Waals surface area contributed by atoms with Gasteiger partial charge in [0.05, 0.1) is 6.54 Å². The average molecular weight is 354 g/mol. The summed E-state index contributed by atoms with van der Waals surface area (Å²) in [5, 5.41) is 15.7. The molecule has 0 saturated carbocycles. The summed E-state index contributed by atoms with van der Waals surface area (Å²) in [4.78, 5) is 23.7. The number of benzene rings is 2. The fourth-order valence-corrected chi connectivity index (χ4v) is 2.48. The molecule has 0 aliphatic heterocycles. The van der Waals surface area contributed by atoms with E-state index in [0.717, 1.165) is 11.1 Å². The van der Waals surface area contributed by atoms with Gasteiger partial charge >= 0.3 is 11.8 Å². The lowest BCUT2D eigenvalue weighted by Gasteiger charge is -2.25. The Hall–Kier alpha value is -2.66. The molecule has 1 unspecified atom stereocenters. The zero-order chi connectivity index (χ0) is 19.4. The molecule has 0 spiro atoms. The molecule has 0 bridgehead atoms.